The van der Waals surface area contributed by atoms with Gasteiger partial charge in [0.05, 0.1) is 18.3 Å². The SMILES string of the molecule is CC(=O)O[C@@H]1C=CC(C(O)CCC(O)CCC#N)CC1C. The second-order valence-electron chi connectivity index (χ2n) is 5.83. The minimum atomic E-state index is -0.530. The molecule has 1 aliphatic carbocycles. The topological polar surface area (TPSA) is 90.6 Å². The van der Waals surface area contributed by atoms with Crippen LogP contribution in [0.3, 0.4) is 0 Å². The van der Waals surface area contributed by atoms with Gasteiger partial charge in [0, 0.05) is 19.3 Å². The van der Waals surface area contributed by atoms with Crippen LogP contribution in [0, 0.1) is 23.2 Å². The summed E-state index contributed by atoms with van der Waals surface area (Å²) in [6.07, 6.45) is 5.03. The summed E-state index contributed by atoms with van der Waals surface area (Å²) >= 11 is 0. The first kappa shape index (κ1) is 17.7. The van der Waals surface area contributed by atoms with Crippen LogP contribution >= 0.6 is 0 Å². The highest BCUT2D eigenvalue weighted by atomic mass is 16.5. The molecule has 0 bridgehead atoms. The number of carbonyl (C=O) groups is 1. The molecule has 0 radical (unpaired) electrons. The van der Waals surface area contributed by atoms with Crippen molar-refractivity contribution in [2.45, 2.75) is 64.3 Å². The summed E-state index contributed by atoms with van der Waals surface area (Å²) in [5, 5.41) is 28.3. The molecule has 0 aromatic carbocycles. The lowest BCUT2D eigenvalue weighted by molar-refractivity contribution is -0.146. The van der Waals surface area contributed by atoms with E-state index in [9.17, 15) is 15.0 Å². The normalized spacial score (nSPS) is 27.7. The molecule has 21 heavy (non-hydrogen) atoms. The summed E-state index contributed by atoms with van der Waals surface area (Å²) in [4.78, 5) is 11.0. The van der Waals surface area contributed by atoms with Crippen LogP contribution in [-0.4, -0.2) is 34.5 Å². The summed E-state index contributed by atoms with van der Waals surface area (Å²) in [6, 6.07) is 2.00. The minimum Gasteiger partial charge on any atom is -0.458 e. The zero-order valence-corrected chi connectivity index (χ0v) is 12.7. The molecule has 5 heteroatoms. The lowest BCUT2D eigenvalue weighted by atomic mass is 9.81. The van der Waals surface area contributed by atoms with Gasteiger partial charge in [0.2, 0.25) is 0 Å². The van der Waals surface area contributed by atoms with Crippen molar-refractivity contribution >= 4 is 5.97 Å². The third-order valence-electron chi connectivity index (χ3n) is 3.93. The van der Waals surface area contributed by atoms with E-state index in [1.54, 1.807) is 0 Å². The van der Waals surface area contributed by atoms with Crippen LogP contribution in [0.5, 0.6) is 0 Å². The van der Waals surface area contributed by atoms with Gasteiger partial charge in [-0.15, -0.1) is 0 Å². The summed E-state index contributed by atoms with van der Waals surface area (Å²) in [5.41, 5.74) is 0. The Morgan fingerprint density at radius 3 is 2.67 bits per heavy atom. The van der Waals surface area contributed by atoms with E-state index in [1.165, 1.54) is 6.92 Å². The Bertz CT molecular complexity index is 402. The third kappa shape index (κ3) is 6.28. The number of esters is 1. The number of ether oxygens (including phenoxy) is 1. The van der Waals surface area contributed by atoms with Crippen LogP contribution in [-0.2, 0) is 9.53 Å². The van der Waals surface area contributed by atoms with E-state index in [-0.39, 0.29) is 23.9 Å². The van der Waals surface area contributed by atoms with Gasteiger partial charge >= 0.3 is 5.97 Å². The fraction of sp³-hybridized carbons (Fsp3) is 0.750. The van der Waals surface area contributed by atoms with Crippen molar-refractivity contribution in [1.29, 1.82) is 5.26 Å². The van der Waals surface area contributed by atoms with E-state index >= 15 is 0 Å². The number of nitrogens with zero attached hydrogens (tertiary/aromatic N) is 1. The monoisotopic (exact) mass is 295 g/mol. The number of carbonyl (C=O) groups excluding carboxylic acids is 1. The zero-order chi connectivity index (χ0) is 15.8. The molecule has 5 atom stereocenters. The standard InChI is InChI=1S/C16H25NO4/c1-11-10-13(5-8-16(11)21-12(2)18)15(20)7-6-14(19)4-3-9-17/h5,8,11,13-16,19-20H,3-4,6-7,10H2,1-2H3/t11?,13?,14?,15?,16-/m1/s1. The third-order valence-corrected chi connectivity index (χ3v) is 3.93. The fourth-order valence-electron chi connectivity index (χ4n) is 2.67. The van der Waals surface area contributed by atoms with Crippen molar-refractivity contribution < 1.29 is 19.7 Å². The van der Waals surface area contributed by atoms with E-state index in [4.69, 9.17) is 10.00 Å². The quantitative estimate of drug-likeness (QED) is 0.553. The van der Waals surface area contributed by atoms with E-state index in [0.29, 0.717) is 25.7 Å². The van der Waals surface area contributed by atoms with Crippen LogP contribution in [0.25, 0.3) is 0 Å². The number of rotatable bonds is 7. The van der Waals surface area contributed by atoms with Crippen molar-refractivity contribution in [1.82, 2.24) is 0 Å². The highest BCUT2D eigenvalue weighted by molar-refractivity contribution is 5.66. The van der Waals surface area contributed by atoms with Crippen molar-refractivity contribution in [3.05, 3.63) is 12.2 Å². The summed E-state index contributed by atoms with van der Waals surface area (Å²) in [5.74, 6) is -0.104. The predicted octanol–water partition coefficient (Wildman–Crippen LogP) is 1.94. The second kappa shape index (κ2) is 8.81. The maximum Gasteiger partial charge on any atom is 0.303 e. The van der Waals surface area contributed by atoms with Gasteiger partial charge in [-0.1, -0.05) is 13.0 Å². The molecule has 0 spiro atoms. The Kier molecular flexibility index (Phi) is 7.41. The van der Waals surface area contributed by atoms with E-state index in [2.05, 4.69) is 0 Å². The molecule has 1 aliphatic rings. The van der Waals surface area contributed by atoms with Crippen molar-refractivity contribution in [2.24, 2.45) is 11.8 Å². The Balaban J connectivity index is 2.40. The van der Waals surface area contributed by atoms with Gasteiger partial charge in [0.25, 0.3) is 0 Å². The molecule has 5 nitrogen and oxygen atoms in total. The molecule has 4 unspecified atom stereocenters. The number of aliphatic hydroxyl groups is 2. The van der Waals surface area contributed by atoms with Gasteiger partial charge in [-0.05, 0) is 37.7 Å². The van der Waals surface area contributed by atoms with Gasteiger partial charge in [-0.25, -0.2) is 0 Å². The lowest BCUT2D eigenvalue weighted by Gasteiger charge is -2.31. The van der Waals surface area contributed by atoms with E-state index in [1.807, 2.05) is 25.1 Å². The first-order valence-corrected chi connectivity index (χ1v) is 7.52. The molecule has 0 fully saturated rings. The lowest BCUT2D eigenvalue weighted by Crippen LogP contribution is -2.32. The molecule has 0 saturated heterocycles. The highest BCUT2D eigenvalue weighted by Crippen LogP contribution is 2.29. The molecule has 1 rings (SSSR count). The molecule has 0 aromatic rings. The molecular formula is C16H25NO4. The molecule has 0 aliphatic heterocycles. The Morgan fingerprint density at radius 2 is 2.10 bits per heavy atom. The van der Waals surface area contributed by atoms with Crippen LogP contribution in [0.1, 0.15) is 46.0 Å². The van der Waals surface area contributed by atoms with Crippen LogP contribution in [0.2, 0.25) is 0 Å². The Labute approximate surface area is 126 Å². The molecule has 0 amide bonds. The first-order valence-electron chi connectivity index (χ1n) is 7.52. The number of nitriles is 1. The van der Waals surface area contributed by atoms with Gasteiger partial charge in [-0.3, -0.25) is 4.79 Å². The van der Waals surface area contributed by atoms with Crippen molar-refractivity contribution in [3.8, 4) is 6.07 Å². The van der Waals surface area contributed by atoms with Gasteiger partial charge in [0.1, 0.15) is 6.10 Å². The molecule has 0 saturated carbocycles. The predicted molar refractivity (Wildman–Crippen MR) is 78.1 cm³/mol. The first-order chi connectivity index (χ1) is 9.93. The van der Waals surface area contributed by atoms with Gasteiger partial charge < -0.3 is 14.9 Å². The largest absolute Gasteiger partial charge is 0.458 e. The second-order valence-corrected chi connectivity index (χ2v) is 5.83. The molecule has 0 heterocycles. The maximum atomic E-state index is 11.0. The summed E-state index contributed by atoms with van der Waals surface area (Å²) in [6.45, 7) is 3.39. The maximum absolute atomic E-state index is 11.0. The Hall–Kier alpha value is -1.38. The summed E-state index contributed by atoms with van der Waals surface area (Å²) < 4.78 is 5.20. The van der Waals surface area contributed by atoms with E-state index < -0.39 is 12.2 Å². The minimum absolute atomic E-state index is 0.0231. The molecular weight excluding hydrogens is 270 g/mol. The fourth-order valence-corrected chi connectivity index (χ4v) is 2.67. The van der Waals surface area contributed by atoms with Crippen LogP contribution in [0.4, 0.5) is 0 Å². The number of aliphatic hydroxyl groups excluding tert-OH is 2. The van der Waals surface area contributed by atoms with Gasteiger partial charge in [-0.2, -0.15) is 5.26 Å². The average Bonchev–Trinajstić information content (AvgIpc) is 2.44. The zero-order valence-electron chi connectivity index (χ0n) is 12.7. The van der Waals surface area contributed by atoms with Crippen molar-refractivity contribution in [2.75, 3.05) is 0 Å². The Morgan fingerprint density at radius 1 is 1.38 bits per heavy atom. The number of hydrogen-bond acceptors (Lipinski definition) is 5. The average molecular weight is 295 g/mol. The molecule has 2 N–H and O–H groups in total. The number of hydrogen-bond donors (Lipinski definition) is 2. The summed E-state index contributed by atoms with van der Waals surface area (Å²) in [7, 11) is 0. The van der Waals surface area contributed by atoms with E-state index in [0.717, 1.165) is 6.42 Å². The highest BCUT2D eigenvalue weighted by Gasteiger charge is 2.29. The van der Waals surface area contributed by atoms with Crippen molar-refractivity contribution in [3.63, 3.8) is 0 Å². The van der Waals surface area contributed by atoms with Crippen LogP contribution < -0.4 is 0 Å². The van der Waals surface area contributed by atoms with Gasteiger partial charge in [0.15, 0.2) is 0 Å². The smallest absolute Gasteiger partial charge is 0.303 e. The van der Waals surface area contributed by atoms with Crippen LogP contribution in [0.15, 0.2) is 12.2 Å². The molecule has 0 aromatic heterocycles. The molecule has 118 valence electrons.